The van der Waals surface area contributed by atoms with Crippen LogP contribution < -0.4 is 5.32 Å². The van der Waals surface area contributed by atoms with Gasteiger partial charge < -0.3 is 15.0 Å². The number of nitrogens with one attached hydrogen (secondary N) is 1. The van der Waals surface area contributed by atoms with Crippen molar-refractivity contribution in [1.82, 2.24) is 10.2 Å². The zero-order valence-electron chi connectivity index (χ0n) is 11.3. The molecule has 1 fully saturated rings. The van der Waals surface area contributed by atoms with Crippen LogP contribution in [-0.4, -0.2) is 43.1 Å². The largest absolute Gasteiger partial charge is 0.363 e. The molecule has 1 amide bonds. The van der Waals surface area contributed by atoms with Crippen molar-refractivity contribution < 1.29 is 9.53 Å². The Morgan fingerprint density at radius 3 is 3.11 bits per heavy atom. The zero-order chi connectivity index (χ0) is 13.2. The molecular formula is C15H20N2O2. The minimum absolute atomic E-state index is 0.112. The number of fused-ring (bicyclic) bond motifs is 1. The highest BCUT2D eigenvalue weighted by Gasteiger charge is 2.33. The number of nitrogens with zero attached hydrogens (tertiary/aromatic N) is 1. The number of piperazine rings is 1. The van der Waals surface area contributed by atoms with Crippen molar-refractivity contribution in [2.24, 2.45) is 0 Å². The fraction of sp³-hybridized carbons (Fsp3) is 0.533. The van der Waals surface area contributed by atoms with Gasteiger partial charge in [0.2, 0.25) is 0 Å². The molecule has 102 valence electrons. The van der Waals surface area contributed by atoms with Crippen LogP contribution >= 0.6 is 0 Å². The van der Waals surface area contributed by atoms with Gasteiger partial charge in [0.05, 0.1) is 6.61 Å². The molecule has 2 aliphatic rings. The highest BCUT2D eigenvalue weighted by atomic mass is 16.5. The number of rotatable bonds is 1. The van der Waals surface area contributed by atoms with E-state index >= 15 is 0 Å². The molecule has 0 saturated carbocycles. The summed E-state index contributed by atoms with van der Waals surface area (Å²) >= 11 is 0. The third-order valence-corrected chi connectivity index (χ3v) is 4.00. The van der Waals surface area contributed by atoms with E-state index in [1.54, 1.807) is 0 Å². The van der Waals surface area contributed by atoms with Gasteiger partial charge in [-0.2, -0.15) is 0 Å². The average Bonchev–Trinajstić information content (AvgIpc) is 2.46. The van der Waals surface area contributed by atoms with Gasteiger partial charge in [-0.05, 0) is 24.5 Å². The van der Waals surface area contributed by atoms with Crippen LogP contribution in [0.5, 0.6) is 0 Å². The highest BCUT2D eigenvalue weighted by Crippen LogP contribution is 2.29. The maximum absolute atomic E-state index is 12.7. The van der Waals surface area contributed by atoms with Gasteiger partial charge in [-0.1, -0.05) is 24.3 Å². The van der Waals surface area contributed by atoms with Crippen molar-refractivity contribution in [2.45, 2.75) is 25.5 Å². The Bertz CT molecular complexity index is 475. The summed E-state index contributed by atoms with van der Waals surface area (Å²) in [7, 11) is 0. The summed E-state index contributed by atoms with van der Waals surface area (Å²) in [6.07, 6.45) is 0.488. The van der Waals surface area contributed by atoms with E-state index in [1.807, 2.05) is 23.1 Å². The van der Waals surface area contributed by atoms with Gasteiger partial charge >= 0.3 is 0 Å². The summed E-state index contributed by atoms with van der Waals surface area (Å²) in [4.78, 5) is 14.6. The molecule has 1 saturated heterocycles. The van der Waals surface area contributed by atoms with Crippen molar-refractivity contribution in [3.63, 3.8) is 0 Å². The number of amides is 1. The van der Waals surface area contributed by atoms with E-state index in [-0.39, 0.29) is 11.9 Å². The second kappa shape index (κ2) is 5.31. The first-order chi connectivity index (χ1) is 9.27. The van der Waals surface area contributed by atoms with Gasteiger partial charge in [0, 0.05) is 25.7 Å². The lowest BCUT2D eigenvalue weighted by Gasteiger charge is -2.37. The zero-order valence-corrected chi connectivity index (χ0v) is 11.3. The average molecular weight is 260 g/mol. The SMILES string of the molecule is C[C@H]1CNCCN1C(=O)[C@@H]1OCCc2ccccc21. The number of benzene rings is 1. The molecule has 0 aromatic heterocycles. The van der Waals surface area contributed by atoms with Gasteiger partial charge in [0.25, 0.3) is 5.91 Å². The molecule has 2 atom stereocenters. The third-order valence-electron chi connectivity index (χ3n) is 4.00. The van der Waals surface area contributed by atoms with E-state index in [4.69, 9.17) is 4.74 Å². The highest BCUT2D eigenvalue weighted by molar-refractivity contribution is 5.83. The normalized spacial score (nSPS) is 26.9. The number of ether oxygens (including phenoxy) is 1. The third kappa shape index (κ3) is 2.38. The fourth-order valence-electron chi connectivity index (χ4n) is 2.92. The van der Waals surface area contributed by atoms with Gasteiger partial charge in [-0.3, -0.25) is 4.79 Å². The Morgan fingerprint density at radius 2 is 2.26 bits per heavy atom. The molecule has 19 heavy (non-hydrogen) atoms. The van der Waals surface area contributed by atoms with Crippen molar-refractivity contribution in [3.05, 3.63) is 35.4 Å². The molecule has 4 nitrogen and oxygen atoms in total. The van der Waals surface area contributed by atoms with Crippen LogP contribution in [0.2, 0.25) is 0 Å². The maximum Gasteiger partial charge on any atom is 0.256 e. The van der Waals surface area contributed by atoms with Gasteiger partial charge in [0.15, 0.2) is 6.10 Å². The van der Waals surface area contributed by atoms with Crippen LogP contribution in [0.3, 0.4) is 0 Å². The van der Waals surface area contributed by atoms with Crippen molar-refractivity contribution in [1.29, 1.82) is 0 Å². The van der Waals surface area contributed by atoms with Crippen molar-refractivity contribution in [2.75, 3.05) is 26.2 Å². The minimum Gasteiger partial charge on any atom is -0.363 e. The molecule has 3 rings (SSSR count). The summed E-state index contributed by atoms with van der Waals surface area (Å²) in [5.74, 6) is 0.112. The summed E-state index contributed by atoms with van der Waals surface area (Å²) in [6, 6.07) is 8.36. The van der Waals surface area contributed by atoms with E-state index < -0.39 is 6.10 Å². The Balaban J connectivity index is 1.84. The van der Waals surface area contributed by atoms with Crippen LogP contribution in [-0.2, 0) is 16.0 Å². The number of carbonyl (C=O) groups excluding carboxylic acids is 1. The summed E-state index contributed by atoms with van der Waals surface area (Å²) in [5, 5.41) is 3.31. The summed E-state index contributed by atoms with van der Waals surface area (Å²) < 4.78 is 5.76. The fourth-order valence-corrected chi connectivity index (χ4v) is 2.92. The van der Waals surface area contributed by atoms with Crippen LogP contribution in [0.25, 0.3) is 0 Å². The Kier molecular flexibility index (Phi) is 3.53. The van der Waals surface area contributed by atoms with Crippen LogP contribution in [0.15, 0.2) is 24.3 Å². The molecule has 1 N–H and O–H groups in total. The van der Waals surface area contributed by atoms with Gasteiger partial charge in [-0.15, -0.1) is 0 Å². The van der Waals surface area contributed by atoms with Gasteiger partial charge in [-0.25, -0.2) is 0 Å². The number of hydrogen-bond donors (Lipinski definition) is 1. The monoisotopic (exact) mass is 260 g/mol. The van der Waals surface area contributed by atoms with Gasteiger partial charge in [0.1, 0.15) is 0 Å². The van der Waals surface area contributed by atoms with Crippen molar-refractivity contribution in [3.8, 4) is 0 Å². The second-order valence-corrected chi connectivity index (χ2v) is 5.28. The van der Waals surface area contributed by atoms with Crippen LogP contribution in [0.1, 0.15) is 24.2 Å². The van der Waals surface area contributed by atoms with E-state index in [0.717, 1.165) is 31.6 Å². The molecule has 0 radical (unpaired) electrons. The molecule has 0 spiro atoms. The van der Waals surface area contributed by atoms with Crippen molar-refractivity contribution >= 4 is 5.91 Å². The lowest BCUT2D eigenvalue weighted by atomic mass is 9.96. The van der Waals surface area contributed by atoms with E-state index in [9.17, 15) is 4.79 Å². The van der Waals surface area contributed by atoms with E-state index in [1.165, 1.54) is 5.56 Å². The van der Waals surface area contributed by atoms with E-state index in [2.05, 4.69) is 18.3 Å². The first-order valence-corrected chi connectivity index (χ1v) is 6.98. The smallest absolute Gasteiger partial charge is 0.256 e. The minimum atomic E-state index is -0.412. The lowest BCUT2D eigenvalue weighted by molar-refractivity contribution is -0.148. The molecule has 0 bridgehead atoms. The molecule has 1 aromatic rings. The molecular weight excluding hydrogens is 240 g/mol. The lowest BCUT2D eigenvalue weighted by Crippen LogP contribution is -2.54. The Morgan fingerprint density at radius 1 is 1.42 bits per heavy atom. The van der Waals surface area contributed by atoms with Crippen LogP contribution in [0.4, 0.5) is 0 Å². The molecule has 0 unspecified atom stereocenters. The molecule has 2 aliphatic heterocycles. The quantitative estimate of drug-likeness (QED) is 0.823. The first kappa shape index (κ1) is 12.6. The predicted molar refractivity (Wildman–Crippen MR) is 72.9 cm³/mol. The standard InChI is InChI=1S/C15H20N2O2/c1-11-10-16-7-8-17(11)15(18)14-13-5-3-2-4-12(13)6-9-19-14/h2-5,11,14,16H,6-10H2,1H3/t11-,14+/m0/s1. The summed E-state index contributed by atoms with van der Waals surface area (Å²) in [5.41, 5.74) is 2.29. The second-order valence-electron chi connectivity index (χ2n) is 5.28. The predicted octanol–water partition coefficient (Wildman–Crippen LogP) is 1.12. The molecule has 0 aliphatic carbocycles. The first-order valence-electron chi connectivity index (χ1n) is 6.98. The summed E-state index contributed by atoms with van der Waals surface area (Å²) in [6.45, 7) is 5.21. The Labute approximate surface area is 113 Å². The topological polar surface area (TPSA) is 41.6 Å². The Hall–Kier alpha value is -1.39. The van der Waals surface area contributed by atoms with E-state index in [0.29, 0.717) is 6.61 Å². The maximum atomic E-state index is 12.7. The number of hydrogen-bond acceptors (Lipinski definition) is 3. The molecule has 2 heterocycles. The van der Waals surface area contributed by atoms with Crippen LogP contribution in [0, 0.1) is 0 Å². The number of carbonyl (C=O) groups is 1. The molecule has 4 heteroatoms. The molecule has 1 aromatic carbocycles.